The fourth-order valence-electron chi connectivity index (χ4n) is 3.70. The van der Waals surface area contributed by atoms with Gasteiger partial charge in [-0.2, -0.15) is 0 Å². The molecule has 2 heterocycles. The van der Waals surface area contributed by atoms with Crippen molar-refractivity contribution in [2.24, 2.45) is 0 Å². The molecule has 1 aromatic heterocycles. The summed E-state index contributed by atoms with van der Waals surface area (Å²) in [5, 5.41) is 3.37. The van der Waals surface area contributed by atoms with Crippen LogP contribution < -0.4 is 10.2 Å². The Morgan fingerprint density at radius 3 is 2.52 bits per heavy atom. The van der Waals surface area contributed by atoms with Gasteiger partial charge >= 0.3 is 5.97 Å². The molecule has 150 valence electrons. The minimum absolute atomic E-state index is 0.293. The summed E-state index contributed by atoms with van der Waals surface area (Å²) in [4.78, 5) is 23.8. The highest BCUT2D eigenvalue weighted by Crippen LogP contribution is 2.32. The topological polar surface area (TPSA) is 67.3 Å². The first-order valence-corrected chi connectivity index (χ1v) is 9.66. The van der Waals surface area contributed by atoms with E-state index in [4.69, 9.17) is 14.7 Å². The van der Waals surface area contributed by atoms with Gasteiger partial charge in [0.15, 0.2) is 5.82 Å². The van der Waals surface area contributed by atoms with E-state index in [0.29, 0.717) is 28.3 Å². The standard InChI is InChI=1S/C22H23FN4O2/c1-27(17-9-11-24-12-10-17)21-20(14-3-6-16(23)7-4-14)25-18-8-5-15(22(28)29-2)13-19(18)26-21/h3-8,13,17,24H,9-12H2,1-2H3. The molecule has 0 saturated carbocycles. The van der Waals surface area contributed by atoms with Crippen LogP contribution in [-0.2, 0) is 4.74 Å². The molecule has 29 heavy (non-hydrogen) atoms. The van der Waals surface area contributed by atoms with Gasteiger partial charge in [-0.1, -0.05) is 0 Å². The Balaban J connectivity index is 1.86. The lowest BCUT2D eigenvalue weighted by Gasteiger charge is -2.33. The van der Waals surface area contributed by atoms with Gasteiger partial charge in [-0.05, 0) is 68.4 Å². The van der Waals surface area contributed by atoms with Gasteiger partial charge in [-0.3, -0.25) is 0 Å². The summed E-state index contributed by atoms with van der Waals surface area (Å²) >= 11 is 0. The SMILES string of the molecule is COC(=O)c1ccc2nc(-c3ccc(F)cc3)c(N(C)C3CCNCC3)nc2c1. The normalized spacial score (nSPS) is 14.7. The molecule has 6 nitrogen and oxygen atoms in total. The number of hydrogen-bond acceptors (Lipinski definition) is 6. The number of benzene rings is 2. The van der Waals surface area contributed by atoms with Crippen LogP contribution in [0, 0.1) is 5.82 Å². The lowest BCUT2D eigenvalue weighted by atomic mass is 10.0. The number of nitrogens with one attached hydrogen (secondary N) is 1. The minimum Gasteiger partial charge on any atom is -0.465 e. The summed E-state index contributed by atoms with van der Waals surface area (Å²) in [5.74, 6) is 0.0149. The molecule has 0 bridgehead atoms. The van der Waals surface area contributed by atoms with Crippen molar-refractivity contribution in [2.45, 2.75) is 18.9 Å². The number of halogens is 1. The van der Waals surface area contributed by atoms with Crippen molar-refractivity contribution in [1.82, 2.24) is 15.3 Å². The molecule has 4 rings (SSSR count). The third-order valence-electron chi connectivity index (χ3n) is 5.38. The van der Waals surface area contributed by atoms with Crippen LogP contribution in [0.3, 0.4) is 0 Å². The fraction of sp³-hybridized carbons (Fsp3) is 0.318. The predicted octanol–water partition coefficient (Wildman–Crippen LogP) is 3.41. The van der Waals surface area contributed by atoms with E-state index in [1.165, 1.54) is 19.2 Å². The van der Waals surface area contributed by atoms with E-state index in [1.54, 1.807) is 30.3 Å². The first-order chi connectivity index (χ1) is 14.1. The summed E-state index contributed by atoms with van der Waals surface area (Å²) in [7, 11) is 3.37. The molecule has 1 N–H and O–H groups in total. The highest BCUT2D eigenvalue weighted by Gasteiger charge is 2.23. The Kier molecular flexibility index (Phi) is 5.40. The fourth-order valence-corrected chi connectivity index (χ4v) is 3.70. The van der Waals surface area contributed by atoms with E-state index in [1.807, 2.05) is 7.05 Å². The predicted molar refractivity (Wildman–Crippen MR) is 111 cm³/mol. The van der Waals surface area contributed by atoms with Crippen LogP contribution in [0.5, 0.6) is 0 Å². The first-order valence-electron chi connectivity index (χ1n) is 9.66. The van der Waals surface area contributed by atoms with E-state index < -0.39 is 5.97 Å². The van der Waals surface area contributed by atoms with Gasteiger partial charge < -0.3 is 15.0 Å². The van der Waals surface area contributed by atoms with Gasteiger partial charge in [0.25, 0.3) is 0 Å². The molecule has 2 aromatic carbocycles. The average Bonchev–Trinajstić information content (AvgIpc) is 2.78. The smallest absolute Gasteiger partial charge is 0.337 e. The van der Waals surface area contributed by atoms with Gasteiger partial charge in [-0.15, -0.1) is 0 Å². The van der Waals surface area contributed by atoms with E-state index in [-0.39, 0.29) is 5.82 Å². The van der Waals surface area contributed by atoms with Crippen molar-refractivity contribution in [3.63, 3.8) is 0 Å². The number of carbonyl (C=O) groups excluding carboxylic acids is 1. The number of anilines is 1. The zero-order valence-corrected chi connectivity index (χ0v) is 16.5. The molecule has 0 spiro atoms. The van der Waals surface area contributed by atoms with Gasteiger partial charge in [-0.25, -0.2) is 19.2 Å². The lowest BCUT2D eigenvalue weighted by Crippen LogP contribution is -2.41. The monoisotopic (exact) mass is 394 g/mol. The zero-order valence-electron chi connectivity index (χ0n) is 16.5. The van der Waals surface area contributed by atoms with Crippen LogP contribution in [0.25, 0.3) is 22.3 Å². The zero-order chi connectivity index (χ0) is 20.4. The number of carbonyl (C=O) groups is 1. The number of hydrogen-bond donors (Lipinski definition) is 1. The van der Waals surface area contributed by atoms with Crippen molar-refractivity contribution >= 4 is 22.8 Å². The first kappa shape index (κ1) is 19.3. The lowest BCUT2D eigenvalue weighted by molar-refractivity contribution is 0.0601. The van der Waals surface area contributed by atoms with Crippen molar-refractivity contribution in [1.29, 1.82) is 0 Å². The highest BCUT2D eigenvalue weighted by atomic mass is 19.1. The Morgan fingerprint density at radius 1 is 1.10 bits per heavy atom. The molecule has 0 unspecified atom stereocenters. The average molecular weight is 394 g/mol. The van der Waals surface area contributed by atoms with Crippen LogP contribution in [0.15, 0.2) is 42.5 Å². The van der Waals surface area contributed by atoms with Crippen molar-refractivity contribution in [3.8, 4) is 11.3 Å². The van der Waals surface area contributed by atoms with Crippen molar-refractivity contribution < 1.29 is 13.9 Å². The second-order valence-corrected chi connectivity index (χ2v) is 7.19. The Labute approximate surface area is 168 Å². The maximum Gasteiger partial charge on any atom is 0.337 e. The molecule has 1 fully saturated rings. The number of piperidine rings is 1. The summed E-state index contributed by atoms with van der Waals surface area (Å²) in [5.41, 5.74) is 3.21. The molecule has 1 aliphatic rings. The van der Waals surface area contributed by atoms with Crippen LogP contribution in [-0.4, -0.2) is 49.2 Å². The van der Waals surface area contributed by atoms with Crippen LogP contribution in [0.2, 0.25) is 0 Å². The maximum absolute atomic E-state index is 13.5. The van der Waals surface area contributed by atoms with Crippen LogP contribution >= 0.6 is 0 Å². The molecule has 0 atom stereocenters. The van der Waals surface area contributed by atoms with E-state index in [0.717, 1.165) is 37.3 Å². The largest absolute Gasteiger partial charge is 0.465 e. The molecule has 0 amide bonds. The Morgan fingerprint density at radius 2 is 1.83 bits per heavy atom. The minimum atomic E-state index is -0.412. The third-order valence-corrected chi connectivity index (χ3v) is 5.38. The molecule has 1 aliphatic heterocycles. The quantitative estimate of drug-likeness (QED) is 0.684. The van der Waals surface area contributed by atoms with Gasteiger partial charge in [0.1, 0.15) is 11.5 Å². The Bertz CT molecular complexity index is 1030. The highest BCUT2D eigenvalue weighted by molar-refractivity contribution is 5.94. The van der Waals surface area contributed by atoms with Gasteiger partial charge in [0, 0.05) is 18.7 Å². The number of aromatic nitrogens is 2. The summed E-state index contributed by atoms with van der Waals surface area (Å²) in [6.07, 6.45) is 2.00. The summed E-state index contributed by atoms with van der Waals surface area (Å²) in [6.45, 7) is 1.91. The molecule has 7 heteroatoms. The molecular weight excluding hydrogens is 371 g/mol. The number of methoxy groups -OCH3 is 1. The van der Waals surface area contributed by atoms with Gasteiger partial charge in [0.2, 0.25) is 0 Å². The number of ether oxygens (including phenoxy) is 1. The maximum atomic E-state index is 13.5. The van der Waals surface area contributed by atoms with E-state index >= 15 is 0 Å². The molecule has 1 saturated heterocycles. The van der Waals surface area contributed by atoms with Crippen LogP contribution in [0.4, 0.5) is 10.2 Å². The van der Waals surface area contributed by atoms with Crippen molar-refractivity contribution in [3.05, 3.63) is 53.8 Å². The van der Waals surface area contributed by atoms with E-state index in [9.17, 15) is 9.18 Å². The second-order valence-electron chi connectivity index (χ2n) is 7.19. The summed E-state index contributed by atoms with van der Waals surface area (Å²) in [6, 6.07) is 11.7. The van der Waals surface area contributed by atoms with Crippen LogP contribution in [0.1, 0.15) is 23.2 Å². The third kappa shape index (κ3) is 3.91. The van der Waals surface area contributed by atoms with E-state index in [2.05, 4.69) is 10.2 Å². The van der Waals surface area contributed by atoms with Crippen molar-refractivity contribution in [2.75, 3.05) is 32.1 Å². The molecule has 3 aromatic rings. The number of nitrogens with zero attached hydrogens (tertiary/aromatic N) is 3. The molecular formula is C22H23FN4O2. The number of fused-ring (bicyclic) bond motifs is 1. The molecule has 0 radical (unpaired) electrons. The Hall–Kier alpha value is -3.06. The second kappa shape index (κ2) is 8.13. The van der Waals surface area contributed by atoms with Gasteiger partial charge in [0.05, 0.1) is 23.7 Å². The number of rotatable bonds is 4. The molecule has 0 aliphatic carbocycles. The number of esters is 1. The summed E-state index contributed by atoms with van der Waals surface area (Å²) < 4.78 is 18.3.